The number of pyridine rings is 1. The third-order valence-corrected chi connectivity index (χ3v) is 4.64. The van der Waals surface area contributed by atoms with E-state index in [4.69, 9.17) is 0 Å². The molecule has 4 heterocycles. The average Bonchev–Trinajstić information content (AvgIpc) is 3.40. The molecule has 1 aliphatic heterocycles. The van der Waals surface area contributed by atoms with Crippen LogP contribution in [0.5, 0.6) is 0 Å². The van der Waals surface area contributed by atoms with Crippen molar-refractivity contribution in [3.63, 3.8) is 0 Å². The monoisotopic (exact) mass is 402 g/mol. The van der Waals surface area contributed by atoms with E-state index in [9.17, 15) is 18.0 Å². The van der Waals surface area contributed by atoms with Gasteiger partial charge in [0.25, 0.3) is 5.91 Å². The van der Waals surface area contributed by atoms with Crippen molar-refractivity contribution in [2.75, 3.05) is 18.0 Å². The zero-order valence-corrected chi connectivity index (χ0v) is 15.1. The van der Waals surface area contributed by atoms with E-state index in [2.05, 4.69) is 25.3 Å². The molecule has 1 unspecified atom stereocenters. The van der Waals surface area contributed by atoms with Gasteiger partial charge in [0, 0.05) is 43.3 Å². The highest BCUT2D eigenvalue weighted by Crippen LogP contribution is 2.28. The number of anilines is 1. The number of nitrogens with zero attached hydrogens (tertiary/aromatic N) is 4. The molecule has 0 spiro atoms. The number of halogens is 3. The first-order valence-electron chi connectivity index (χ1n) is 8.96. The Bertz CT molecular complexity index is 1010. The summed E-state index contributed by atoms with van der Waals surface area (Å²) in [6.07, 6.45) is 0.501. The number of aromatic nitrogens is 4. The molecule has 2 N–H and O–H groups in total. The molecule has 0 radical (unpaired) electrons. The largest absolute Gasteiger partial charge is 0.433 e. The topological polar surface area (TPSA) is 86.8 Å². The highest BCUT2D eigenvalue weighted by atomic mass is 19.4. The van der Waals surface area contributed by atoms with Gasteiger partial charge in [0.15, 0.2) is 0 Å². The number of rotatable bonds is 4. The van der Waals surface area contributed by atoms with E-state index in [0.29, 0.717) is 25.5 Å². The van der Waals surface area contributed by atoms with Crippen LogP contribution in [0.25, 0.3) is 11.4 Å². The van der Waals surface area contributed by atoms with E-state index in [-0.39, 0.29) is 11.6 Å². The minimum Gasteiger partial charge on any atom is -0.360 e. The summed E-state index contributed by atoms with van der Waals surface area (Å²) in [6.45, 7) is 1.10. The van der Waals surface area contributed by atoms with Gasteiger partial charge in [-0.25, -0.2) is 9.97 Å². The van der Waals surface area contributed by atoms with Crippen LogP contribution in [0.2, 0.25) is 0 Å². The number of aromatic amines is 1. The normalized spacial score (nSPS) is 16.8. The fraction of sp³-hybridized carbons (Fsp3) is 0.263. The van der Waals surface area contributed by atoms with Gasteiger partial charge in [0.05, 0.1) is 11.4 Å². The van der Waals surface area contributed by atoms with Gasteiger partial charge in [-0.2, -0.15) is 13.2 Å². The highest BCUT2D eigenvalue weighted by molar-refractivity contribution is 5.94. The number of amides is 1. The van der Waals surface area contributed by atoms with Crippen LogP contribution in [0.1, 0.15) is 22.5 Å². The lowest BCUT2D eigenvalue weighted by atomic mass is 10.2. The highest BCUT2D eigenvalue weighted by Gasteiger charge is 2.33. The minimum atomic E-state index is -4.60. The first kappa shape index (κ1) is 18.9. The summed E-state index contributed by atoms with van der Waals surface area (Å²) in [5, 5.41) is 2.78. The first-order chi connectivity index (χ1) is 13.9. The van der Waals surface area contributed by atoms with Crippen molar-refractivity contribution in [2.24, 2.45) is 0 Å². The second kappa shape index (κ2) is 7.53. The predicted octanol–water partition coefficient (Wildman–Crippen LogP) is 2.89. The number of nitrogens with one attached hydrogen (secondary N) is 2. The summed E-state index contributed by atoms with van der Waals surface area (Å²) in [4.78, 5) is 29.5. The lowest BCUT2D eigenvalue weighted by molar-refractivity contribution is -0.141. The lowest BCUT2D eigenvalue weighted by Crippen LogP contribution is -2.37. The molecule has 3 aromatic rings. The summed E-state index contributed by atoms with van der Waals surface area (Å²) in [5.41, 5.74) is 0.461. The molecule has 10 heteroatoms. The summed E-state index contributed by atoms with van der Waals surface area (Å²) in [5.74, 6) is -0.0251. The first-order valence-corrected chi connectivity index (χ1v) is 8.96. The summed E-state index contributed by atoms with van der Waals surface area (Å²) in [7, 11) is 0. The molecule has 1 saturated heterocycles. The molecular weight excluding hydrogens is 385 g/mol. The molecule has 150 valence electrons. The van der Waals surface area contributed by atoms with E-state index in [1.165, 1.54) is 6.07 Å². The maximum absolute atomic E-state index is 12.8. The van der Waals surface area contributed by atoms with Crippen molar-refractivity contribution in [1.82, 2.24) is 25.3 Å². The molecule has 3 aromatic heterocycles. The van der Waals surface area contributed by atoms with Gasteiger partial charge in [-0.1, -0.05) is 0 Å². The van der Waals surface area contributed by atoms with Gasteiger partial charge < -0.3 is 15.2 Å². The Hall–Kier alpha value is -3.43. The maximum atomic E-state index is 12.8. The van der Waals surface area contributed by atoms with E-state index < -0.39 is 17.8 Å². The zero-order valence-electron chi connectivity index (χ0n) is 15.1. The third kappa shape index (κ3) is 4.20. The molecule has 1 fully saturated rings. The van der Waals surface area contributed by atoms with Gasteiger partial charge in [0.1, 0.15) is 5.69 Å². The Balaban J connectivity index is 1.42. The van der Waals surface area contributed by atoms with E-state index in [0.717, 1.165) is 23.7 Å². The molecule has 0 bridgehead atoms. The van der Waals surface area contributed by atoms with Crippen LogP contribution in [0.4, 0.5) is 19.1 Å². The molecule has 1 atom stereocenters. The van der Waals surface area contributed by atoms with E-state index >= 15 is 0 Å². The van der Waals surface area contributed by atoms with Crippen LogP contribution in [0, 0.1) is 0 Å². The number of H-pyrrole nitrogens is 1. The van der Waals surface area contributed by atoms with E-state index in [1.54, 1.807) is 12.3 Å². The Labute approximate surface area is 164 Å². The van der Waals surface area contributed by atoms with Crippen LogP contribution in [0.15, 0.2) is 48.9 Å². The average molecular weight is 402 g/mol. The SMILES string of the molecule is O=C(NC1CCN(c2nccc(-c3ccc[nH]3)n2)C1)c1ccnc(C(F)(F)F)c1. The predicted molar refractivity (Wildman–Crippen MR) is 99.1 cm³/mol. The molecule has 29 heavy (non-hydrogen) atoms. The van der Waals surface area contributed by atoms with Crippen molar-refractivity contribution in [3.8, 4) is 11.4 Å². The molecule has 1 amide bonds. The standard InChI is InChI=1S/C19H17F3N6O/c20-19(21,22)16-10-12(3-7-24-16)17(29)26-13-5-9-28(11-13)18-25-8-4-15(27-18)14-2-1-6-23-14/h1-4,6-8,10,13,23H,5,9,11H2,(H,26,29). The minimum absolute atomic E-state index is 0.0734. The number of hydrogen-bond donors (Lipinski definition) is 2. The maximum Gasteiger partial charge on any atom is 0.433 e. The zero-order chi connectivity index (χ0) is 20.4. The van der Waals surface area contributed by atoms with E-state index in [1.807, 2.05) is 23.2 Å². The Morgan fingerprint density at radius 1 is 1.21 bits per heavy atom. The molecule has 1 aliphatic rings. The molecular formula is C19H17F3N6O. The third-order valence-electron chi connectivity index (χ3n) is 4.64. The van der Waals surface area contributed by atoms with Crippen LogP contribution >= 0.6 is 0 Å². The van der Waals surface area contributed by atoms with Gasteiger partial charge >= 0.3 is 6.18 Å². The molecule has 0 aliphatic carbocycles. The Kier molecular flexibility index (Phi) is 4.91. The Morgan fingerprint density at radius 3 is 2.79 bits per heavy atom. The van der Waals surface area contributed by atoms with Gasteiger partial charge in [-0.15, -0.1) is 0 Å². The number of hydrogen-bond acceptors (Lipinski definition) is 5. The van der Waals surface area contributed by atoms with Crippen LogP contribution in [-0.4, -0.2) is 45.0 Å². The lowest BCUT2D eigenvalue weighted by Gasteiger charge is -2.17. The fourth-order valence-corrected chi connectivity index (χ4v) is 3.20. The fourth-order valence-electron chi connectivity index (χ4n) is 3.20. The number of alkyl halides is 3. The number of carbonyl (C=O) groups is 1. The summed E-state index contributed by atoms with van der Waals surface area (Å²) >= 11 is 0. The summed E-state index contributed by atoms with van der Waals surface area (Å²) in [6, 6.07) is 7.38. The molecule has 7 nitrogen and oxygen atoms in total. The molecule has 0 saturated carbocycles. The van der Waals surface area contributed by atoms with Gasteiger partial charge in [-0.3, -0.25) is 9.78 Å². The second-order valence-corrected chi connectivity index (χ2v) is 6.66. The number of carbonyl (C=O) groups excluding carboxylic acids is 1. The van der Waals surface area contributed by atoms with Crippen molar-refractivity contribution in [3.05, 3.63) is 60.2 Å². The van der Waals surface area contributed by atoms with Gasteiger partial charge in [-0.05, 0) is 36.8 Å². The van der Waals surface area contributed by atoms with Crippen LogP contribution in [0.3, 0.4) is 0 Å². The van der Waals surface area contributed by atoms with Crippen LogP contribution < -0.4 is 10.2 Å². The van der Waals surface area contributed by atoms with Crippen molar-refractivity contribution < 1.29 is 18.0 Å². The molecule has 0 aromatic carbocycles. The van der Waals surface area contributed by atoms with Gasteiger partial charge in [0.2, 0.25) is 5.95 Å². The Morgan fingerprint density at radius 2 is 2.03 bits per heavy atom. The quantitative estimate of drug-likeness (QED) is 0.701. The van der Waals surface area contributed by atoms with Crippen molar-refractivity contribution in [2.45, 2.75) is 18.6 Å². The smallest absolute Gasteiger partial charge is 0.360 e. The molecule has 4 rings (SSSR count). The summed E-state index contributed by atoms with van der Waals surface area (Å²) < 4.78 is 38.4. The van der Waals surface area contributed by atoms with Crippen molar-refractivity contribution >= 4 is 11.9 Å². The second-order valence-electron chi connectivity index (χ2n) is 6.66. The van der Waals surface area contributed by atoms with Crippen LogP contribution in [-0.2, 0) is 6.18 Å². The van der Waals surface area contributed by atoms with Crippen molar-refractivity contribution in [1.29, 1.82) is 0 Å².